The quantitative estimate of drug-likeness (QED) is 0.742. The highest BCUT2D eigenvalue weighted by Crippen LogP contribution is 2.14. The fourth-order valence-corrected chi connectivity index (χ4v) is 2.47. The van der Waals surface area contributed by atoms with E-state index in [1.165, 1.54) is 12.5 Å². The fourth-order valence-electron chi connectivity index (χ4n) is 1.51. The Morgan fingerprint density at radius 2 is 2.00 bits per heavy atom. The highest BCUT2D eigenvalue weighted by molar-refractivity contribution is 7.92. The Balaban J connectivity index is 2.14. The SMILES string of the molecule is NCCc1ccc(NS(=O)(=O)c2cnc[nH]2)cc1. The number of sulfonamides is 1. The smallest absolute Gasteiger partial charge is 0.278 e. The van der Waals surface area contributed by atoms with Gasteiger partial charge in [0.05, 0.1) is 12.5 Å². The van der Waals surface area contributed by atoms with Crippen LogP contribution in [0.25, 0.3) is 0 Å². The van der Waals surface area contributed by atoms with Gasteiger partial charge in [-0.1, -0.05) is 12.1 Å². The Labute approximate surface area is 105 Å². The second-order valence-corrected chi connectivity index (χ2v) is 5.41. The zero-order valence-corrected chi connectivity index (χ0v) is 10.4. The third kappa shape index (κ3) is 2.88. The number of anilines is 1. The second-order valence-electron chi connectivity index (χ2n) is 3.76. The van der Waals surface area contributed by atoms with Crippen molar-refractivity contribution in [3.63, 3.8) is 0 Å². The third-order valence-electron chi connectivity index (χ3n) is 2.40. The Morgan fingerprint density at radius 1 is 1.28 bits per heavy atom. The Bertz CT molecular complexity index is 590. The predicted octanol–water partition coefficient (Wildman–Crippen LogP) is 0.712. The monoisotopic (exact) mass is 266 g/mol. The molecule has 2 aromatic rings. The van der Waals surface area contributed by atoms with Gasteiger partial charge in [-0.25, -0.2) is 4.98 Å². The molecule has 0 amide bonds. The minimum atomic E-state index is -3.59. The Kier molecular flexibility index (Phi) is 3.63. The van der Waals surface area contributed by atoms with Gasteiger partial charge in [0.25, 0.3) is 10.0 Å². The Morgan fingerprint density at radius 3 is 2.56 bits per heavy atom. The maximum Gasteiger partial charge on any atom is 0.278 e. The van der Waals surface area contributed by atoms with Crippen molar-refractivity contribution < 1.29 is 8.42 Å². The third-order valence-corrected chi connectivity index (χ3v) is 3.71. The molecule has 0 saturated carbocycles. The zero-order valence-electron chi connectivity index (χ0n) is 9.63. The maximum atomic E-state index is 11.9. The number of imidazole rings is 1. The molecule has 1 heterocycles. The summed E-state index contributed by atoms with van der Waals surface area (Å²) in [5, 5.41) is 0.0357. The van der Waals surface area contributed by atoms with E-state index in [0.29, 0.717) is 12.2 Å². The van der Waals surface area contributed by atoms with E-state index in [1.807, 2.05) is 12.1 Å². The average Bonchev–Trinajstić information content (AvgIpc) is 2.86. The van der Waals surface area contributed by atoms with Gasteiger partial charge in [-0.15, -0.1) is 0 Å². The summed E-state index contributed by atoms with van der Waals surface area (Å²) < 4.78 is 26.2. The first-order valence-corrected chi connectivity index (χ1v) is 6.90. The van der Waals surface area contributed by atoms with Crippen molar-refractivity contribution in [2.24, 2.45) is 5.73 Å². The minimum Gasteiger partial charge on any atom is -0.334 e. The number of nitrogens with two attached hydrogens (primary N) is 1. The first-order valence-electron chi connectivity index (χ1n) is 5.42. The van der Waals surface area contributed by atoms with E-state index < -0.39 is 10.0 Å². The van der Waals surface area contributed by atoms with Gasteiger partial charge >= 0.3 is 0 Å². The van der Waals surface area contributed by atoms with Crippen LogP contribution in [-0.2, 0) is 16.4 Å². The highest BCUT2D eigenvalue weighted by atomic mass is 32.2. The fraction of sp³-hybridized carbons (Fsp3) is 0.182. The normalized spacial score (nSPS) is 11.4. The lowest BCUT2D eigenvalue weighted by molar-refractivity contribution is 0.598. The Hall–Kier alpha value is -1.86. The van der Waals surface area contributed by atoms with E-state index in [0.717, 1.165) is 12.0 Å². The lowest BCUT2D eigenvalue weighted by atomic mass is 10.1. The van der Waals surface area contributed by atoms with E-state index in [4.69, 9.17) is 5.73 Å². The average molecular weight is 266 g/mol. The van der Waals surface area contributed by atoms with Gasteiger partial charge in [-0.05, 0) is 30.7 Å². The molecular formula is C11H14N4O2S. The molecule has 1 aromatic heterocycles. The number of hydrogen-bond acceptors (Lipinski definition) is 4. The number of aromatic amines is 1. The molecule has 0 aliphatic carbocycles. The lowest BCUT2D eigenvalue weighted by Crippen LogP contribution is -2.13. The van der Waals surface area contributed by atoms with Crippen molar-refractivity contribution in [2.75, 3.05) is 11.3 Å². The number of nitrogens with zero attached hydrogens (tertiary/aromatic N) is 1. The van der Waals surface area contributed by atoms with Crippen molar-refractivity contribution in [1.29, 1.82) is 0 Å². The molecule has 0 unspecified atom stereocenters. The summed E-state index contributed by atoms with van der Waals surface area (Å²) in [7, 11) is -3.59. The molecule has 0 saturated heterocycles. The molecule has 4 N–H and O–H groups in total. The molecular weight excluding hydrogens is 252 g/mol. The van der Waals surface area contributed by atoms with Crippen LogP contribution in [0.1, 0.15) is 5.56 Å². The lowest BCUT2D eigenvalue weighted by Gasteiger charge is -2.06. The van der Waals surface area contributed by atoms with Crippen LogP contribution in [0.4, 0.5) is 5.69 Å². The second kappa shape index (κ2) is 5.19. The molecule has 6 nitrogen and oxygen atoms in total. The van der Waals surface area contributed by atoms with E-state index in [1.54, 1.807) is 12.1 Å². The van der Waals surface area contributed by atoms with E-state index in [-0.39, 0.29) is 5.03 Å². The van der Waals surface area contributed by atoms with Gasteiger partial charge in [0, 0.05) is 5.69 Å². The number of H-pyrrole nitrogens is 1. The van der Waals surface area contributed by atoms with Gasteiger partial charge in [0.15, 0.2) is 5.03 Å². The van der Waals surface area contributed by atoms with Gasteiger partial charge in [0.1, 0.15) is 0 Å². The zero-order chi connectivity index (χ0) is 13.0. The molecule has 96 valence electrons. The van der Waals surface area contributed by atoms with Crippen LogP contribution in [0.3, 0.4) is 0 Å². The molecule has 0 radical (unpaired) electrons. The molecule has 0 spiro atoms. The highest BCUT2D eigenvalue weighted by Gasteiger charge is 2.15. The van der Waals surface area contributed by atoms with Gasteiger partial charge < -0.3 is 10.7 Å². The van der Waals surface area contributed by atoms with Crippen LogP contribution in [0.5, 0.6) is 0 Å². The van der Waals surface area contributed by atoms with Crippen LogP contribution < -0.4 is 10.5 Å². The summed E-state index contributed by atoms with van der Waals surface area (Å²) in [5.74, 6) is 0. The summed E-state index contributed by atoms with van der Waals surface area (Å²) in [6, 6.07) is 7.10. The number of aromatic nitrogens is 2. The van der Waals surface area contributed by atoms with Crippen molar-refractivity contribution >= 4 is 15.7 Å². The van der Waals surface area contributed by atoms with Crippen LogP contribution in [-0.4, -0.2) is 24.9 Å². The topological polar surface area (TPSA) is 101 Å². The number of rotatable bonds is 5. The first kappa shape index (κ1) is 12.6. The molecule has 1 aromatic carbocycles. The molecule has 0 aliphatic heterocycles. The largest absolute Gasteiger partial charge is 0.334 e. The number of benzene rings is 1. The summed E-state index contributed by atoms with van der Waals surface area (Å²) in [5.41, 5.74) is 7.02. The molecule has 7 heteroatoms. The molecule has 0 fully saturated rings. The molecule has 0 bridgehead atoms. The summed E-state index contributed by atoms with van der Waals surface area (Å²) in [6.07, 6.45) is 3.34. The van der Waals surface area contributed by atoms with Crippen LogP contribution in [0, 0.1) is 0 Å². The first-order chi connectivity index (χ1) is 8.62. The van der Waals surface area contributed by atoms with Gasteiger partial charge in [-0.3, -0.25) is 4.72 Å². The summed E-state index contributed by atoms with van der Waals surface area (Å²) >= 11 is 0. The number of hydrogen-bond donors (Lipinski definition) is 3. The van der Waals surface area contributed by atoms with Crippen molar-refractivity contribution in [1.82, 2.24) is 9.97 Å². The molecule has 2 rings (SSSR count). The van der Waals surface area contributed by atoms with E-state index in [2.05, 4.69) is 14.7 Å². The molecule has 0 atom stereocenters. The van der Waals surface area contributed by atoms with Gasteiger partial charge in [-0.2, -0.15) is 8.42 Å². The standard InChI is InChI=1S/C11H14N4O2S/c12-6-5-9-1-3-10(4-2-9)15-18(16,17)11-7-13-8-14-11/h1-4,7-8,15H,5-6,12H2,(H,13,14). The van der Waals surface area contributed by atoms with Gasteiger partial charge in [0.2, 0.25) is 0 Å². The van der Waals surface area contributed by atoms with Crippen LogP contribution in [0.15, 0.2) is 41.8 Å². The number of nitrogens with one attached hydrogen (secondary N) is 2. The van der Waals surface area contributed by atoms with Crippen molar-refractivity contribution in [3.05, 3.63) is 42.4 Å². The van der Waals surface area contributed by atoms with Crippen LogP contribution >= 0.6 is 0 Å². The molecule has 0 aliphatic rings. The van der Waals surface area contributed by atoms with Crippen LogP contribution in [0.2, 0.25) is 0 Å². The van der Waals surface area contributed by atoms with Crippen molar-refractivity contribution in [3.8, 4) is 0 Å². The molecule has 18 heavy (non-hydrogen) atoms. The summed E-state index contributed by atoms with van der Waals surface area (Å²) in [6.45, 7) is 0.569. The van der Waals surface area contributed by atoms with E-state index in [9.17, 15) is 8.42 Å². The minimum absolute atomic E-state index is 0.0357. The van der Waals surface area contributed by atoms with E-state index >= 15 is 0 Å². The predicted molar refractivity (Wildman–Crippen MR) is 68.6 cm³/mol. The maximum absolute atomic E-state index is 11.9. The van der Waals surface area contributed by atoms with Crippen molar-refractivity contribution in [2.45, 2.75) is 11.4 Å². The summed E-state index contributed by atoms with van der Waals surface area (Å²) in [4.78, 5) is 6.23.